The Balaban J connectivity index is 2.56. The van der Waals surface area contributed by atoms with E-state index in [2.05, 4.69) is 36.0 Å². The maximum Gasteiger partial charge on any atom is 0.160 e. The number of fused-ring (bicyclic) bond motifs is 1. The van der Waals surface area contributed by atoms with Crippen molar-refractivity contribution in [3.63, 3.8) is 0 Å². The van der Waals surface area contributed by atoms with Crippen LogP contribution in [0.15, 0.2) is 16.8 Å². The lowest BCUT2D eigenvalue weighted by Crippen LogP contribution is -2.40. The van der Waals surface area contributed by atoms with Crippen LogP contribution in [0.3, 0.4) is 0 Å². The normalized spacial score (nSPS) is 12.0. The summed E-state index contributed by atoms with van der Waals surface area (Å²) in [7, 11) is 2.04. The Morgan fingerprint density at radius 3 is 2.59 bits per heavy atom. The summed E-state index contributed by atoms with van der Waals surface area (Å²) in [4.78, 5) is 2.18. The third-order valence-corrected chi connectivity index (χ3v) is 3.56. The first-order chi connectivity index (χ1) is 7.97. The van der Waals surface area contributed by atoms with Crippen molar-refractivity contribution in [1.29, 1.82) is 0 Å². The third kappa shape index (κ3) is 1.81. The average molecular weight is 234 g/mol. The summed E-state index contributed by atoms with van der Waals surface area (Å²) in [6.07, 6.45) is 1.03. The van der Waals surface area contributed by atoms with Gasteiger partial charge in [0.1, 0.15) is 0 Å². The smallest absolute Gasteiger partial charge is 0.160 e. The number of benzene rings is 1. The number of nitrogen functional groups attached to an aromatic ring is 1. The lowest BCUT2D eigenvalue weighted by molar-refractivity contribution is 0.315. The molecule has 1 heterocycles. The minimum Gasteiger partial charge on any atom is -0.397 e. The van der Waals surface area contributed by atoms with Gasteiger partial charge in [-0.25, -0.2) is 4.63 Å². The predicted molar refractivity (Wildman–Crippen MR) is 69.0 cm³/mol. The largest absolute Gasteiger partial charge is 0.397 e. The Morgan fingerprint density at radius 1 is 1.29 bits per heavy atom. The van der Waals surface area contributed by atoms with E-state index in [-0.39, 0.29) is 5.54 Å². The first-order valence-corrected chi connectivity index (χ1v) is 5.72. The summed E-state index contributed by atoms with van der Waals surface area (Å²) in [5, 5.41) is 7.77. The van der Waals surface area contributed by atoms with Crippen LogP contribution in [0.2, 0.25) is 0 Å². The SMILES string of the molecule is CCC(C)(C)N(C)c1ccc(N)c2nonc12. The fourth-order valence-corrected chi connectivity index (χ4v) is 1.71. The summed E-state index contributed by atoms with van der Waals surface area (Å²) < 4.78 is 4.78. The number of rotatable bonds is 3. The van der Waals surface area contributed by atoms with Gasteiger partial charge in [-0.1, -0.05) is 6.92 Å². The molecule has 1 aromatic heterocycles. The number of aromatic nitrogens is 2. The zero-order valence-corrected chi connectivity index (χ0v) is 10.7. The number of hydrogen-bond acceptors (Lipinski definition) is 5. The van der Waals surface area contributed by atoms with Crippen molar-refractivity contribution in [2.24, 2.45) is 0 Å². The van der Waals surface area contributed by atoms with E-state index in [0.29, 0.717) is 16.7 Å². The van der Waals surface area contributed by atoms with Crippen molar-refractivity contribution in [2.45, 2.75) is 32.7 Å². The predicted octanol–water partition coefficient (Wildman–Crippen LogP) is 2.43. The quantitative estimate of drug-likeness (QED) is 0.826. The standard InChI is InChI=1S/C12H18N4O/c1-5-12(2,3)16(4)9-7-6-8(13)10-11(9)15-17-14-10/h6-7H,5,13H2,1-4H3. The van der Waals surface area contributed by atoms with Crippen LogP contribution in [0.25, 0.3) is 11.0 Å². The van der Waals surface area contributed by atoms with E-state index in [1.54, 1.807) is 0 Å². The Kier molecular flexibility index (Phi) is 2.69. The number of nitrogens with two attached hydrogens (primary N) is 1. The number of nitrogens with zero attached hydrogens (tertiary/aromatic N) is 3. The molecule has 1 aromatic carbocycles. The van der Waals surface area contributed by atoms with Crippen LogP contribution in [0.5, 0.6) is 0 Å². The molecule has 0 saturated carbocycles. The van der Waals surface area contributed by atoms with E-state index >= 15 is 0 Å². The topological polar surface area (TPSA) is 68.2 Å². The highest BCUT2D eigenvalue weighted by molar-refractivity contribution is 5.95. The fraction of sp³-hybridized carbons (Fsp3) is 0.500. The summed E-state index contributed by atoms with van der Waals surface area (Å²) >= 11 is 0. The monoisotopic (exact) mass is 234 g/mol. The molecule has 0 aliphatic heterocycles. The molecule has 0 saturated heterocycles. The van der Waals surface area contributed by atoms with Gasteiger partial charge < -0.3 is 10.6 Å². The number of anilines is 2. The van der Waals surface area contributed by atoms with Crippen LogP contribution in [-0.4, -0.2) is 22.9 Å². The molecule has 0 amide bonds. The van der Waals surface area contributed by atoms with Gasteiger partial charge in [-0.05, 0) is 42.7 Å². The molecule has 2 rings (SSSR count). The van der Waals surface area contributed by atoms with Crippen molar-refractivity contribution in [1.82, 2.24) is 10.3 Å². The molecule has 92 valence electrons. The van der Waals surface area contributed by atoms with Gasteiger partial charge in [-0.15, -0.1) is 0 Å². The highest BCUT2D eigenvalue weighted by Gasteiger charge is 2.24. The van der Waals surface area contributed by atoms with Crippen molar-refractivity contribution < 1.29 is 4.63 Å². The highest BCUT2D eigenvalue weighted by Crippen LogP contribution is 2.32. The first kappa shape index (κ1) is 11.7. The zero-order valence-electron chi connectivity index (χ0n) is 10.7. The van der Waals surface area contributed by atoms with Crippen LogP contribution in [-0.2, 0) is 0 Å². The van der Waals surface area contributed by atoms with Gasteiger partial charge in [-0.3, -0.25) is 0 Å². The van der Waals surface area contributed by atoms with Crippen molar-refractivity contribution in [3.8, 4) is 0 Å². The molecular formula is C12H18N4O. The van der Waals surface area contributed by atoms with E-state index in [1.165, 1.54) is 0 Å². The van der Waals surface area contributed by atoms with Gasteiger partial charge in [0.25, 0.3) is 0 Å². The van der Waals surface area contributed by atoms with Crippen molar-refractivity contribution in [2.75, 3.05) is 17.7 Å². The minimum atomic E-state index is 0.0436. The molecule has 2 N–H and O–H groups in total. The maximum absolute atomic E-state index is 5.83. The molecular weight excluding hydrogens is 216 g/mol. The molecule has 0 aliphatic rings. The molecule has 0 spiro atoms. The molecule has 0 atom stereocenters. The maximum atomic E-state index is 5.83. The number of hydrogen-bond donors (Lipinski definition) is 1. The van der Waals surface area contributed by atoms with E-state index in [0.717, 1.165) is 12.1 Å². The molecule has 5 heteroatoms. The zero-order chi connectivity index (χ0) is 12.6. The Morgan fingerprint density at radius 2 is 1.94 bits per heavy atom. The van der Waals surface area contributed by atoms with Crippen LogP contribution >= 0.6 is 0 Å². The van der Waals surface area contributed by atoms with Gasteiger partial charge in [0.2, 0.25) is 0 Å². The molecule has 0 fully saturated rings. The molecule has 2 aromatic rings. The highest BCUT2D eigenvalue weighted by atomic mass is 16.6. The first-order valence-electron chi connectivity index (χ1n) is 5.72. The summed E-state index contributed by atoms with van der Waals surface area (Å²) in [5.41, 5.74) is 8.80. The second-order valence-corrected chi connectivity index (χ2v) is 4.86. The average Bonchev–Trinajstić information content (AvgIpc) is 2.78. The van der Waals surface area contributed by atoms with Gasteiger partial charge in [-0.2, -0.15) is 0 Å². The fourth-order valence-electron chi connectivity index (χ4n) is 1.71. The second-order valence-electron chi connectivity index (χ2n) is 4.86. The Labute approximate surface area is 101 Å². The minimum absolute atomic E-state index is 0.0436. The van der Waals surface area contributed by atoms with Crippen molar-refractivity contribution >= 4 is 22.4 Å². The van der Waals surface area contributed by atoms with Gasteiger partial charge in [0.05, 0.1) is 11.4 Å². The lowest BCUT2D eigenvalue weighted by atomic mass is 9.99. The van der Waals surface area contributed by atoms with Gasteiger partial charge in [0, 0.05) is 12.6 Å². The molecule has 0 aliphatic carbocycles. The third-order valence-electron chi connectivity index (χ3n) is 3.56. The van der Waals surface area contributed by atoms with E-state index in [1.807, 2.05) is 19.2 Å². The van der Waals surface area contributed by atoms with E-state index < -0.39 is 0 Å². The van der Waals surface area contributed by atoms with E-state index in [4.69, 9.17) is 10.4 Å². The van der Waals surface area contributed by atoms with Gasteiger partial charge in [0.15, 0.2) is 11.0 Å². The Hall–Kier alpha value is -1.78. The summed E-state index contributed by atoms with van der Waals surface area (Å²) in [6, 6.07) is 3.80. The van der Waals surface area contributed by atoms with Crippen LogP contribution in [0, 0.1) is 0 Å². The molecule has 0 radical (unpaired) electrons. The summed E-state index contributed by atoms with van der Waals surface area (Å²) in [5.74, 6) is 0. The lowest BCUT2D eigenvalue weighted by Gasteiger charge is -2.36. The van der Waals surface area contributed by atoms with Crippen LogP contribution in [0.1, 0.15) is 27.2 Å². The van der Waals surface area contributed by atoms with E-state index in [9.17, 15) is 0 Å². The molecule has 17 heavy (non-hydrogen) atoms. The van der Waals surface area contributed by atoms with Crippen LogP contribution < -0.4 is 10.6 Å². The van der Waals surface area contributed by atoms with Crippen molar-refractivity contribution in [3.05, 3.63) is 12.1 Å². The molecule has 5 nitrogen and oxygen atoms in total. The molecule has 0 unspecified atom stereocenters. The molecule has 0 bridgehead atoms. The van der Waals surface area contributed by atoms with Crippen LogP contribution in [0.4, 0.5) is 11.4 Å². The van der Waals surface area contributed by atoms with Gasteiger partial charge >= 0.3 is 0 Å². The summed E-state index contributed by atoms with van der Waals surface area (Å²) in [6.45, 7) is 6.53. The second kappa shape index (κ2) is 3.91. The Bertz CT molecular complexity index is 532.